The Hall–Kier alpha value is -2.37. The van der Waals surface area contributed by atoms with Crippen LogP contribution in [-0.2, 0) is 12.2 Å². The number of nitrogens with zero attached hydrogens (tertiary/aromatic N) is 1. The Balaban J connectivity index is 1.39. The van der Waals surface area contributed by atoms with Crippen LogP contribution in [0.3, 0.4) is 0 Å². The van der Waals surface area contributed by atoms with Crippen molar-refractivity contribution in [3.63, 3.8) is 0 Å². The van der Waals surface area contributed by atoms with Gasteiger partial charge in [0.2, 0.25) is 0 Å². The van der Waals surface area contributed by atoms with E-state index >= 15 is 0 Å². The third kappa shape index (κ3) is 4.80. The molecule has 0 fully saturated rings. The van der Waals surface area contributed by atoms with Crippen LogP contribution in [0.2, 0.25) is 0 Å². The summed E-state index contributed by atoms with van der Waals surface area (Å²) in [4.78, 5) is 9.40. The van der Waals surface area contributed by atoms with E-state index in [2.05, 4.69) is 53.3 Å². The molecule has 0 aliphatic rings. The van der Waals surface area contributed by atoms with Crippen molar-refractivity contribution in [3.05, 3.63) is 83.4 Å². The number of methoxy groups -OCH3 is 1. The molecule has 0 bridgehead atoms. The van der Waals surface area contributed by atoms with Gasteiger partial charge in [0, 0.05) is 16.4 Å². The third-order valence-electron chi connectivity index (χ3n) is 4.89. The van der Waals surface area contributed by atoms with Crippen molar-refractivity contribution >= 4 is 34.6 Å². The number of ether oxygens (including phenoxy) is 1. The van der Waals surface area contributed by atoms with Crippen LogP contribution >= 0.6 is 23.5 Å². The number of benzene rings is 3. The van der Waals surface area contributed by atoms with Crippen LogP contribution in [0.5, 0.6) is 5.75 Å². The summed E-state index contributed by atoms with van der Waals surface area (Å²) in [5, 5.41) is 0.969. The standard InChI is InChI=1S/C24H23N2OS2/c1-17-19(16-29-24-25-20-10-4-5-11-21(20)26-24)9-7-13-23(17)28-15-14-18-8-3-6-12-22(18)27-2/h3-5,7-13H,14-16H2,1-2H3,(H,25,26). The van der Waals surface area contributed by atoms with Crippen molar-refractivity contribution < 1.29 is 4.74 Å². The first-order valence-corrected chi connectivity index (χ1v) is 11.5. The summed E-state index contributed by atoms with van der Waals surface area (Å²) in [5.74, 6) is 2.84. The second kappa shape index (κ2) is 9.42. The second-order valence-corrected chi connectivity index (χ2v) is 8.83. The smallest absolute Gasteiger partial charge is 0.166 e. The predicted molar refractivity (Wildman–Crippen MR) is 123 cm³/mol. The Morgan fingerprint density at radius 3 is 2.79 bits per heavy atom. The number of H-pyrrole nitrogens is 1. The summed E-state index contributed by atoms with van der Waals surface area (Å²) in [6.07, 6.45) is 0.972. The fraction of sp³-hybridized carbons (Fsp3) is 0.208. The molecule has 4 rings (SSSR count). The highest BCUT2D eigenvalue weighted by molar-refractivity contribution is 7.99. The minimum absolute atomic E-state index is 0.905. The number of thioether (sulfide) groups is 2. The number of aromatic nitrogens is 2. The normalized spacial score (nSPS) is 11.1. The zero-order chi connectivity index (χ0) is 20.1. The summed E-state index contributed by atoms with van der Waals surface area (Å²) in [6, 6.07) is 23.7. The number of hydrogen-bond donors (Lipinski definition) is 1. The van der Waals surface area contributed by atoms with Crippen LogP contribution in [0.25, 0.3) is 11.0 Å². The maximum Gasteiger partial charge on any atom is 0.166 e. The van der Waals surface area contributed by atoms with Gasteiger partial charge in [0.1, 0.15) is 5.75 Å². The number of para-hydroxylation sites is 2. The summed E-state index contributed by atoms with van der Waals surface area (Å²) in [5.41, 5.74) is 6.05. The Morgan fingerprint density at radius 2 is 1.93 bits per heavy atom. The molecule has 0 spiro atoms. The summed E-state index contributed by atoms with van der Waals surface area (Å²) in [6.45, 7) is 2.22. The number of nitrogens with one attached hydrogen (secondary N) is 1. The number of aryl methyl sites for hydroxylation is 1. The number of rotatable bonds is 8. The minimum atomic E-state index is 0.905. The fourth-order valence-corrected chi connectivity index (χ4v) is 5.25. The zero-order valence-electron chi connectivity index (χ0n) is 16.6. The van der Waals surface area contributed by atoms with Gasteiger partial charge in [-0.25, -0.2) is 4.98 Å². The molecule has 0 unspecified atom stereocenters. The summed E-state index contributed by atoms with van der Waals surface area (Å²) in [7, 11) is 1.72. The first kappa shape index (κ1) is 19.9. The van der Waals surface area contributed by atoms with Crippen LogP contribution in [0, 0.1) is 13.0 Å². The quantitative estimate of drug-likeness (QED) is 0.340. The van der Waals surface area contributed by atoms with Crippen molar-refractivity contribution in [2.45, 2.75) is 29.1 Å². The summed E-state index contributed by atoms with van der Waals surface area (Å²) < 4.78 is 5.43. The minimum Gasteiger partial charge on any atom is -0.496 e. The molecular formula is C24H23N2OS2. The van der Waals surface area contributed by atoms with E-state index in [0.717, 1.165) is 39.9 Å². The molecule has 0 amide bonds. The molecule has 3 nitrogen and oxygen atoms in total. The molecule has 0 atom stereocenters. The van der Waals surface area contributed by atoms with Gasteiger partial charge in [-0.2, -0.15) is 0 Å². The van der Waals surface area contributed by atoms with Crippen LogP contribution in [0.4, 0.5) is 0 Å². The monoisotopic (exact) mass is 419 g/mol. The highest BCUT2D eigenvalue weighted by Crippen LogP contribution is 2.30. The van der Waals surface area contributed by atoms with E-state index in [4.69, 9.17) is 4.74 Å². The maximum absolute atomic E-state index is 5.43. The molecule has 147 valence electrons. The number of imidazole rings is 1. The molecular weight excluding hydrogens is 396 g/mol. The van der Waals surface area contributed by atoms with Crippen molar-refractivity contribution in [1.29, 1.82) is 0 Å². The lowest BCUT2D eigenvalue weighted by atomic mass is 10.1. The van der Waals surface area contributed by atoms with Gasteiger partial charge in [0.05, 0.1) is 18.1 Å². The molecule has 1 aromatic heterocycles. The van der Waals surface area contributed by atoms with Crippen LogP contribution in [0.15, 0.2) is 70.7 Å². The Morgan fingerprint density at radius 1 is 1.03 bits per heavy atom. The first-order chi connectivity index (χ1) is 14.2. The maximum atomic E-state index is 5.43. The van der Waals surface area contributed by atoms with Gasteiger partial charge in [-0.15, -0.1) is 11.8 Å². The van der Waals surface area contributed by atoms with E-state index in [-0.39, 0.29) is 0 Å². The molecule has 1 heterocycles. The van der Waals surface area contributed by atoms with E-state index in [1.807, 2.05) is 42.1 Å². The van der Waals surface area contributed by atoms with Crippen molar-refractivity contribution in [2.24, 2.45) is 0 Å². The zero-order valence-corrected chi connectivity index (χ0v) is 18.2. The third-order valence-corrected chi connectivity index (χ3v) is 6.97. The second-order valence-electron chi connectivity index (χ2n) is 6.72. The first-order valence-electron chi connectivity index (χ1n) is 9.56. The molecule has 0 saturated carbocycles. The molecule has 0 aliphatic heterocycles. The Bertz CT molecular complexity index is 1070. The fourth-order valence-electron chi connectivity index (χ4n) is 3.23. The molecule has 3 aromatic carbocycles. The van der Waals surface area contributed by atoms with E-state index in [9.17, 15) is 0 Å². The van der Waals surface area contributed by atoms with Gasteiger partial charge in [0.25, 0.3) is 0 Å². The summed E-state index contributed by atoms with van der Waals surface area (Å²) >= 11 is 3.65. The predicted octanol–water partition coefficient (Wildman–Crippen LogP) is 6.31. The SMILES string of the molecule is COc1c[c]ccc1CCSc1cccc(CSc2nc3ccccc3[nH]2)c1C. The van der Waals surface area contributed by atoms with Gasteiger partial charge in [-0.3, -0.25) is 0 Å². The van der Waals surface area contributed by atoms with Gasteiger partial charge < -0.3 is 9.72 Å². The van der Waals surface area contributed by atoms with Crippen molar-refractivity contribution in [3.8, 4) is 5.75 Å². The van der Waals surface area contributed by atoms with Crippen LogP contribution in [0.1, 0.15) is 16.7 Å². The van der Waals surface area contributed by atoms with Gasteiger partial charge in [-0.05, 0) is 60.4 Å². The number of hydrogen-bond acceptors (Lipinski definition) is 4. The number of aromatic amines is 1. The van der Waals surface area contributed by atoms with Crippen LogP contribution in [-0.4, -0.2) is 22.8 Å². The van der Waals surface area contributed by atoms with E-state index in [0.29, 0.717) is 0 Å². The topological polar surface area (TPSA) is 37.9 Å². The molecule has 29 heavy (non-hydrogen) atoms. The Kier molecular flexibility index (Phi) is 6.47. The van der Waals surface area contributed by atoms with Crippen molar-refractivity contribution in [2.75, 3.05) is 12.9 Å². The average molecular weight is 420 g/mol. The highest BCUT2D eigenvalue weighted by atomic mass is 32.2. The van der Waals surface area contributed by atoms with Gasteiger partial charge in [0.15, 0.2) is 5.16 Å². The highest BCUT2D eigenvalue weighted by Gasteiger charge is 2.09. The molecule has 1 radical (unpaired) electrons. The molecule has 5 heteroatoms. The Labute approximate surface area is 180 Å². The molecule has 0 saturated heterocycles. The van der Waals surface area contributed by atoms with Gasteiger partial charge in [-0.1, -0.05) is 48.2 Å². The van der Waals surface area contributed by atoms with Gasteiger partial charge >= 0.3 is 0 Å². The van der Waals surface area contributed by atoms with Crippen molar-refractivity contribution in [1.82, 2.24) is 9.97 Å². The molecule has 4 aromatic rings. The lowest BCUT2D eigenvalue weighted by Gasteiger charge is -2.11. The van der Waals surface area contributed by atoms with E-state index in [1.54, 1.807) is 18.9 Å². The largest absolute Gasteiger partial charge is 0.496 e. The van der Waals surface area contributed by atoms with E-state index in [1.165, 1.54) is 21.6 Å². The van der Waals surface area contributed by atoms with E-state index < -0.39 is 0 Å². The number of fused-ring (bicyclic) bond motifs is 1. The lowest BCUT2D eigenvalue weighted by molar-refractivity contribution is 0.410. The lowest BCUT2D eigenvalue weighted by Crippen LogP contribution is -1.95. The van der Waals surface area contributed by atoms with Crippen LogP contribution < -0.4 is 4.74 Å². The molecule has 1 N–H and O–H groups in total. The average Bonchev–Trinajstić information content (AvgIpc) is 3.17. The molecule has 0 aliphatic carbocycles.